The number of hydrogen-bond acceptors (Lipinski definition) is 6. The summed E-state index contributed by atoms with van der Waals surface area (Å²) in [6.07, 6.45) is 3.36. The maximum absolute atomic E-state index is 12.6. The Morgan fingerprint density at radius 1 is 1.24 bits per heavy atom. The van der Waals surface area contributed by atoms with Crippen molar-refractivity contribution in [1.82, 2.24) is 10.1 Å². The van der Waals surface area contributed by atoms with Gasteiger partial charge in [-0.05, 0) is 55.1 Å². The van der Waals surface area contributed by atoms with Gasteiger partial charge in [-0.15, -0.1) is 11.8 Å². The Balaban J connectivity index is 1.47. The first-order chi connectivity index (χ1) is 14.2. The molecule has 0 radical (unpaired) electrons. The van der Waals surface area contributed by atoms with Crippen LogP contribution < -0.4 is 9.64 Å². The van der Waals surface area contributed by atoms with E-state index >= 15 is 0 Å². The highest BCUT2D eigenvalue weighted by Gasteiger charge is 2.35. The molecule has 3 aromatic rings. The van der Waals surface area contributed by atoms with Gasteiger partial charge in [0.15, 0.2) is 0 Å². The fourth-order valence-electron chi connectivity index (χ4n) is 3.34. The first-order valence-corrected chi connectivity index (χ1v) is 10.9. The number of aromatic nitrogens is 2. The van der Waals surface area contributed by atoms with Gasteiger partial charge < -0.3 is 14.2 Å². The number of hydrogen-bond donors (Lipinski definition) is 0. The summed E-state index contributed by atoms with van der Waals surface area (Å²) in [5.41, 5.74) is 1.77. The summed E-state index contributed by atoms with van der Waals surface area (Å²) in [4.78, 5) is 20.1. The molecule has 1 aliphatic rings. The number of benzene rings is 2. The molecular formula is C22H23N3O3S. The van der Waals surface area contributed by atoms with Crippen LogP contribution in [0.15, 0.2) is 57.9 Å². The maximum atomic E-state index is 12.6. The van der Waals surface area contributed by atoms with E-state index in [4.69, 9.17) is 9.26 Å². The molecule has 150 valence electrons. The Morgan fingerprint density at radius 2 is 2.07 bits per heavy atom. The SMILES string of the molecule is CCCOc1ccc(-c2noc(C3CC(=O)N(c4cccc(SC)c4)C3)n2)cc1. The van der Waals surface area contributed by atoms with Crippen molar-refractivity contribution in [3.63, 3.8) is 0 Å². The Morgan fingerprint density at radius 3 is 2.83 bits per heavy atom. The normalized spacial score (nSPS) is 16.4. The van der Waals surface area contributed by atoms with Gasteiger partial charge in [0.05, 0.1) is 12.5 Å². The summed E-state index contributed by atoms with van der Waals surface area (Å²) < 4.78 is 11.1. The molecular weight excluding hydrogens is 386 g/mol. The number of carbonyl (C=O) groups is 1. The second-order valence-electron chi connectivity index (χ2n) is 6.94. The zero-order valence-corrected chi connectivity index (χ0v) is 17.3. The minimum Gasteiger partial charge on any atom is -0.494 e. The van der Waals surface area contributed by atoms with E-state index in [0.29, 0.717) is 31.3 Å². The van der Waals surface area contributed by atoms with Crippen LogP contribution in [-0.4, -0.2) is 35.5 Å². The molecule has 0 bridgehead atoms. The Kier molecular flexibility index (Phi) is 5.85. The number of carbonyl (C=O) groups excluding carboxylic acids is 1. The number of rotatable bonds is 7. The lowest BCUT2D eigenvalue weighted by Gasteiger charge is -2.16. The quantitative estimate of drug-likeness (QED) is 0.524. The van der Waals surface area contributed by atoms with E-state index in [2.05, 4.69) is 17.1 Å². The lowest BCUT2D eigenvalue weighted by Crippen LogP contribution is -2.24. The van der Waals surface area contributed by atoms with E-state index in [9.17, 15) is 4.79 Å². The third-order valence-corrected chi connectivity index (χ3v) is 5.59. The molecule has 0 saturated carbocycles. The van der Waals surface area contributed by atoms with Crippen molar-refractivity contribution in [1.29, 1.82) is 0 Å². The third kappa shape index (κ3) is 4.29. The van der Waals surface area contributed by atoms with E-state index < -0.39 is 0 Å². The van der Waals surface area contributed by atoms with Crippen molar-refractivity contribution in [3.8, 4) is 17.1 Å². The van der Waals surface area contributed by atoms with Crippen molar-refractivity contribution in [2.75, 3.05) is 24.3 Å². The van der Waals surface area contributed by atoms with Crippen LogP contribution in [0.25, 0.3) is 11.4 Å². The van der Waals surface area contributed by atoms with Crippen molar-refractivity contribution < 1.29 is 14.1 Å². The molecule has 1 fully saturated rings. The smallest absolute Gasteiger partial charge is 0.232 e. The van der Waals surface area contributed by atoms with Gasteiger partial charge in [0.1, 0.15) is 5.75 Å². The summed E-state index contributed by atoms with van der Waals surface area (Å²) in [6.45, 7) is 3.31. The number of anilines is 1. The van der Waals surface area contributed by atoms with Crippen LogP contribution in [0.2, 0.25) is 0 Å². The summed E-state index contributed by atoms with van der Waals surface area (Å²) in [6, 6.07) is 15.6. The van der Waals surface area contributed by atoms with Gasteiger partial charge in [-0.2, -0.15) is 4.98 Å². The fourth-order valence-corrected chi connectivity index (χ4v) is 3.79. The predicted octanol–water partition coefficient (Wildman–Crippen LogP) is 4.77. The van der Waals surface area contributed by atoms with Crippen LogP contribution in [0, 0.1) is 0 Å². The van der Waals surface area contributed by atoms with Crippen LogP contribution in [0.5, 0.6) is 5.75 Å². The van der Waals surface area contributed by atoms with E-state index in [1.165, 1.54) is 0 Å². The van der Waals surface area contributed by atoms with Gasteiger partial charge in [0.2, 0.25) is 17.6 Å². The summed E-state index contributed by atoms with van der Waals surface area (Å²) >= 11 is 1.66. The monoisotopic (exact) mass is 409 g/mol. The lowest BCUT2D eigenvalue weighted by molar-refractivity contribution is -0.117. The molecule has 1 aliphatic heterocycles. The van der Waals surface area contributed by atoms with Gasteiger partial charge in [0, 0.05) is 29.1 Å². The number of nitrogens with zero attached hydrogens (tertiary/aromatic N) is 3. The van der Waals surface area contributed by atoms with Crippen LogP contribution in [0.4, 0.5) is 5.69 Å². The van der Waals surface area contributed by atoms with Crippen LogP contribution in [0.1, 0.15) is 31.6 Å². The topological polar surface area (TPSA) is 68.5 Å². The molecule has 1 aromatic heterocycles. The molecule has 4 rings (SSSR count). The van der Waals surface area contributed by atoms with E-state index in [0.717, 1.165) is 28.3 Å². The molecule has 0 N–H and O–H groups in total. The van der Waals surface area contributed by atoms with Gasteiger partial charge in [-0.25, -0.2) is 0 Å². The highest BCUT2D eigenvalue weighted by atomic mass is 32.2. The molecule has 7 heteroatoms. The zero-order chi connectivity index (χ0) is 20.2. The fraction of sp³-hybridized carbons (Fsp3) is 0.318. The molecule has 2 heterocycles. The first kappa shape index (κ1) is 19.5. The second kappa shape index (κ2) is 8.69. The first-order valence-electron chi connectivity index (χ1n) is 9.69. The highest BCUT2D eigenvalue weighted by Crippen LogP contribution is 2.33. The molecule has 1 atom stereocenters. The third-order valence-electron chi connectivity index (χ3n) is 4.87. The minimum absolute atomic E-state index is 0.0745. The predicted molar refractivity (Wildman–Crippen MR) is 113 cm³/mol. The summed E-state index contributed by atoms with van der Waals surface area (Å²) in [5.74, 6) is 1.82. The van der Waals surface area contributed by atoms with Crippen LogP contribution in [-0.2, 0) is 4.79 Å². The molecule has 1 saturated heterocycles. The molecule has 0 aliphatic carbocycles. The lowest BCUT2D eigenvalue weighted by atomic mass is 10.1. The van der Waals surface area contributed by atoms with E-state index in [-0.39, 0.29) is 11.8 Å². The average molecular weight is 410 g/mol. The highest BCUT2D eigenvalue weighted by molar-refractivity contribution is 7.98. The Bertz CT molecular complexity index is 987. The zero-order valence-electron chi connectivity index (χ0n) is 16.5. The van der Waals surface area contributed by atoms with Crippen molar-refractivity contribution in [3.05, 3.63) is 54.4 Å². The van der Waals surface area contributed by atoms with Gasteiger partial charge >= 0.3 is 0 Å². The van der Waals surface area contributed by atoms with E-state index in [1.807, 2.05) is 54.8 Å². The molecule has 2 aromatic carbocycles. The summed E-state index contributed by atoms with van der Waals surface area (Å²) in [5, 5.41) is 4.11. The average Bonchev–Trinajstić information content (AvgIpc) is 3.39. The Hall–Kier alpha value is -2.80. The van der Waals surface area contributed by atoms with Crippen molar-refractivity contribution in [2.45, 2.75) is 30.6 Å². The number of amides is 1. The minimum atomic E-state index is -0.103. The molecule has 1 unspecified atom stereocenters. The number of ether oxygens (including phenoxy) is 1. The second-order valence-corrected chi connectivity index (χ2v) is 7.82. The van der Waals surface area contributed by atoms with Crippen LogP contribution in [0.3, 0.4) is 0 Å². The molecule has 29 heavy (non-hydrogen) atoms. The van der Waals surface area contributed by atoms with E-state index in [1.54, 1.807) is 16.7 Å². The van der Waals surface area contributed by atoms with Crippen molar-refractivity contribution >= 4 is 23.4 Å². The number of thioether (sulfide) groups is 1. The summed E-state index contributed by atoms with van der Waals surface area (Å²) in [7, 11) is 0. The largest absolute Gasteiger partial charge is 0.494 e. The van der Waals surface area contributed by atoms with Crippen LogP contribution >= 0.6 is 11.8 Å². The standard InChI is InChI=1S/C22H23N3O3S/c1-3-11-27-18-9-7-15(8-10-18)21-23-22(28-24-21)16-12-20(26)25(14-16)17-5-4-6-19(13-17)29-2/h4-10,13,16H,3,11-12,14H2,1-2H3. The molecule has 1 amide bonds. The maximum Gasteiger partial charge on any atom is 0.232 e. The van der Waals surface area contributed by atoms with Gasteiger partial charge in [-0.3, -0.25) is 4.79 Å². The Labute approximate surface area is 174 Å². The van der Waals surface area contributed by atoms with Gasteiger partial charge in [0.25, 0.3) is 0 Å². The molecule has 0 spiro atoms. The molecule has 6 nitrogen and oxygen atoms in total. The van der Waals surface area contributed by atoms with Crippen molar-refractivity contribution in [2.24, 2.45) is 0 Å². The van der Waals surface area contributed by atoms with Gasteiger partial charge in [-0.1, -0.05) is 18.1 Å².